The largest absolute Gasteiger partial charge is 0.338 e. The number of carbonyl (C=O) groups excluding carboxylic acids is 1. The Labute approximate surface area is 115 Å². The molecule has 3 nitrogen and oxygen atoms in total. The zero-order valence-electron chi connectivity index (χ0n) is 11.7. The van der Waals surface area contributed by atoms with Gasteiger partial charge in [0.1, 0.15) is 0 Å². The number of rotatable bonds is 2. The van der Waals surface area contributed by atoms with E-state index in [1.54, 1.807) is 0 Å². The van der Waals surface area contributed by atoms with Gasteiger partial charge < -0.3 is 10.6 Å². The second kappa shape index (κ2) is 4.68. The van der Waals surface area contributed by atoms with Crippen molar-refractivity contribution in [3.8, 4) is 0 Å². The van der Waals surface area contributed by atoms with Crippen molar-refractivity contribution in [1.82, 2.24) is 4.90 Å². The van der Waals surface area contributed by atoms with Crippen LogP contribution >= 0.6 is 11.6 Å². The number of amides is 1. The fourth-order valence-electron chi connectivity index (χ4n) is 3.99. The molecule has 4 heteroatoms. The molecule has 0 spiro atoms. The van der Waals surface area contributed by atoms with E-state index >= 15 is 0 Å². The van der Waals surface area contributed by atoms with E-state index in [0.717, 1.165) is 19.3 Å². The summed E-state index contributed by atoms with van der Waals surface area (Å²) in [6.07, 6.45) is 3.72. The number of hydrogen-bond donors (Lipinski definition) is 1. The topological polar surface area (TPSA) is 46.3 Å². The molecule has 104 valence electrons. The third-order valence-electron chi connectivity index (χ3n) is 4.47. The van der Waals surface area contributed by atoms with Crippen molar-refractivity contribution >= 4 is 17.5 Å². The Hall–Kier alpha value is -0.280. The zero-order chi connectivity index (χ0) is 13.6. The first-order chi connectivity index (χ1) is 8.25. The second-order valence-electron chi connectivity index (χ2n) is 7.27. The van der Waals surface area contributed by atoms with Crippen LogP contribution in [0, 0.1) is 10.8 Å². The Bertz CT molecular complexity index is 345. The lowest BCUT2D eigenvalue weighted by Gasteiger charge is -2.48. The number of carbonyl (C=O) groups is 1. The molecule has 3 atom stereocenters. The molecule has 1 heterocycles. The Morgan fingerprint density at radius 1 is 1.39 bits per heavy atom. The summed E-state index contributed by atoms with van der Waals surface area (Å²) in [6.45, 7) is 8.22. The first-order valence-corrected chi connectivity index (χ1v) is 7.32. The minimum absolute atomic E-state index is 0.00771. The number of nitrogens with two attached hydrogens (primary N) is 1. The van der Waals surface area contributed by atoms with Crippen LogP contribution in [0.1, 0.15) is 46.5 Å². The molecule has 1 saturated carbocycles. The highest BCUT2D eigenvalue weighted by Crippen LogP contribution is 2.47. The summed E-state index contributed by atoms with van der Waals surface area (Å²) in [5.74, 6) is 0.220. The van der Waals surface area contributed by atoms with E-state index in [9.17, 15) is 4.79 Å². The maximum absolute atomic E-state index is 12.0. The molecule has 2 N–H and O–H groups in total. The molecule has 1 aliphatic heterocycles. The normalized spacial score (nSPS) is 40.3. The van der Waals surface area contributed by atoms with Gasteiger partial charge in [-0.3, -0.25) is 4.79 Å². The number of alkyl halides is 1. The van der Waals surface area contributed by atoms with Gasteiger partial charge in [-0.25, -0.2) is 0 Å². The minimum Gasteiger partial charge on any atom is -0.338 e. The smallest absolute Gasteiger partial charge is 0.224 e. The molecule has 18 heavy (non-hydrogen) atoms. The van der Waals surface area contributed by atoms with Crippen LogP contribution in [0.25, 0.3) is 0 Å². The SMILES string of the molecule is CC1(C)CC(N2CC(Cl)CC2=O)CC(C)(CN)C1. The van der Waals surface area contributed by atoms with Crippen LogP contribution in [-0.4, -0.2) is 35.3 Å². The van der Waals surface area contributed by atoms with Crippen LogP contribution in [0.15, 0.2) is 0 Å². The van der Waals surface area contributed by atoms with E-state index in [1.165, 1.54) is 0 Å². The molecule has 3 unspecified atom stereocenters. The summed E-state index contributed by atoms with van der Waals surface area (Å²) in [5, 5.41) is -0.00771. The van der Waals surface area contributed by atoms with Gasteiger partial charge in [0.15, 0.2) is 0 Å². The molecule has 1 aliphatic carbocycles. The molecule has 2 aliphatic rings. The van der Waals surface area contributed by atoms with Crippen molar-refractivity contribution < 1.29 is 4.79 Å². The Morgan fingerprint density at radius 3 is 2.56 bits per heavy atom. The lowest BCUT2D eigenvalue weighted by Crippen LogP contribution is -2.49. The summed E-state index contributed by atoms with van der Waals surface area (Å²) < 4.78 is 0. The molecule has 0 aromatic rings. The van der Waals surface area contributed by atoms with Crippen molar-refractivity contribution in [2.75, 3.05) is 13.1 Å². The van der Waals surface area contributed by atoms with Crippen molar-refractivity contribution in [3.05, 3.63) is 0 Å². The highest BCUT2D eigenvalue weighted by molar-refractivity contribution is 6.22. The van der Waals surface area contributed by atoms with Gasteiger partial charge in [0, 0.05) is 19.0 Å². The summed E-state index contributed by atoms with van der Waals surface area (Å²) >= 11 is 6.11. The Balaban J connectivity index is 2.15. The number of halogens is 1. The molecule has 0 bridgehead atoms. The summed E-state index contributed by atoms with van der Waals surface area (Å²) in [5.41, 5.74) is 6.35. The Morgan fingerprint density at radius 2 is 2.06 bits per heavy atom. The predicted molar refractivity (Wildman–Crippen MR) is 74.6 cm³/mol. The molecule has 2 rings (SSSR count). The average molecular weight is 273 g/mol. The molecule has 0 aromatic heterocycles. The molecule has 1 saturated heterocycles. The third-order valence-corrected chi connectivity index (χ3v) is 4.76. The van der Waals surface area contributed by atoms with Crippen LogP contribution in [0.4, 0.5) is 0 Å². The van der Waals surface area contributed by atoms with E-state index < -0.39 is 0 Å². The molecule has 2 fully saturated rings. The summed E-state index contributed by atoms with van der Waals surface area (Å²) in [6, 6.07) is 0.318. The lowest BCUT2D eigenvalue weighted by molar-refractivity contribution is -0.132. The monoisotopic (exact) mass is 272 g/mol. The van der Waals surface area contributed by atoms with Gasteiger partial charge in [-0.2, -0.15) is 0 Å². The maximum Gasteiger partial charge on any atom is 0.224 e. The van der Waals surface area contributed by atoms with E-state index in [2.05, 4.69) is 20.8 Å². The first kappa shape index (κ1) is 14.1. The van der Waals surface area contributed by atoms with E-state index in [0.29, 0.717) is 25.6 Å². The van der Waals surface area contributed by atoms with Crippen molar-refractivity contribution in [2.24, 2.45) is 16.6 Å². The fraction of sp³-hybridized carbons (Fsp3) is 0.929. The highest BCUT2D eigenvalue weighted by atomic mass is 35.5. The van der Waals surface area contributed by atoms with Gasteiger partial charge in [-0.05, 0) is 36.6 Å². The van der Waals surface area contributed by atoms with Gasteiger partial charge in [0.2, 0.25) is 5.91 Å². The van der Waals surface area contributed by atoms with Gasteiger partial charge >= 0.3 is 0 Å². The Kier molecular flexibility index (Phi) is 3.67. The van der Waals surface area contributed by atoms with Crippen LogP contribution in [0.2, 0.25) is 0 Å². The van der Waals surface area contributed by atoms with Gasteiger partial charge in [-0.15, -0.1) is 11.6 Å². The predicted octanol–water partition coefficient (Wildman–Crippen LogP) is 2.37. The molecule has 0 aromatic carbocycles. The fourth-order valence-corrected chi connectivity index (χ4v) is 4.27. The maximum atomic E-state index is 12.0. The van der Waals surface area contributed by atoms with Crippen molar-refractivity contribution in [2.45, 2.75) is 57.9 Å². The third kappa shape index (κ3) is 2.83. The molecular weight excluding hydrogens is 248 g/mol. The minimum atomic E-state index is -0.00771. The molecule has 1 amide bonds. The standard InChI is InChI=1S/C14H25ClN2O/c1-13(2)5-11(6-14(3,8-13)9-16)17-7-10(15)4-12(17)18/h10-11H,4-9,16H2,1-3H3. The first-order valence-electron chi connectivity index (χ1n) is 6.88. The summed E-state index contributed by atoms with van der Waals surface area (Å²) in [7, 11) is 0. The van der Waals surface area contributed by atoms with Gasteiger partial charge in [0.25, 0.3) is 0 Å². The zero-order valence-corrected chi connectivity index (χ0v) is 12.5. The van der Waals surface area contributed by atoms with E-state index in [4.69, 9.17) is 17.3 Å². The summed E-state index contributed by atoms with van der Waals surface area (Å²) in [4.78, 5) is 14.0. The number of nitrogens with zero attached hydrogens (tertiary/aromatic N) is 1. The molecular formula is C14H25ClN2O. The average Bonchev–Trinajstić information content (AvgIpc) is 2.55. The number of hydrogen-bond acceptors (Lipinski definition) is 2. The van der Waals surface area contributed by atoms with Crippen LogP contribution in [0.3, 0.4) is 0 Å². The van der Waals surface area contributed by atoms with Gasteiger partial charge in [-0.1, -0.05) is 20.8 Å². The van der Waals surface area contributed by atoms with Crippen molar-refractivity contribution in [1.29, 1.82) is 0 Å². The van der Waals surface area contributed by atoms with Crippen LogP contribution in [0.5, 0.6) is 0 Å². The van der Waals surface area contributed by atoms with Crippen LogP contribution in [-0.2, 0) is 4.79 Å². The lowest BCUT2D eigenvalue weighted by atomic mass is 9.62. The second-order valence-corrected chi connectivity index (χ2v) is 7.88. The number of likely N-dealkylation sites (tertiary alicyclic amines) is 1. The molecule has 0 radical (unpaired) electrons. The van der Waals surface area contributed by atoms with Crippen molar-refractivity contribution in [3.63, 3.8) is 0 Å². The van der Waals surface area contributed by atoms with Gasteiger partial charge in [0.05, 0.1) is 5.38 Å². The van der Waals surface area contributed by atoms with Crippen LogP contribution < -0.4 is 5.73 Å². The highest BCUT2D eigenvalue weighted by Gasteiger charge is 2.45. The van der Waals surface area contributed by atoms with E-state index in [-0.39, 0.29) is 22.1 Å². The van der Waals surface area contributed by atoms with E-state index in [1.807, 2.05) is 4.90 Å². The quantitative estimate of drug-likeness (QED) is 0.785.